The Morgan fingerprint density at radius 3 is 1.86 bits per heavy atom. The Kier molecular flexibility index (Phi) is 6.56. The Bertz CT molecular complexity index is 2780. The van der Waals surface area contributed by atoms with E-state index < -0.39 is 5.92 Å². The monoisotopic (exact) mass is 660 g/mol. The molecule has 1 aliphatic heterocycles. The molecule has 0 aromatic heterocycles. The van der Waals surface area contributed by atoms with Gasteiger partial charge in [-0.25, -0.2) is 0 Å². The van der Waals surface area contributed by atoms with E-state index >= 15 is 8.78 Å². The number of nitrogens with one attached hydrogen (secondary N) is 1. The quantitative estimate of drug-likeness (QED) is 0.200. The fourth-order valence-corrected chi connectivity index (χ4v) is 7.86. The molecule has 0 bridgehead atoms. The zero-order valence-electron chi connectivity index (χ0n) is 27.4. The van der Waals surface area contributed by atoms with E-state index in [1.165, 1.54) is 16.8 Å². The van der Waals surface area contributed by atoms with Gasteiger partial charge in [0.05, 0.1) is 5.71 Å². The highest BCUT2D eigenvalue weighted by Crippen LogP contribution is 2.52. The molecule has 2 aliphatic rings. The lowest BCUT2D eigenvalue weighted by Gasteiger charge is -2.26. The minimum absolute atomic E-state index is 0.0560. The fourth-order valence-electron chi connectivity index (χ4n) is 7.86. The van der Waals surface area contributed by atoms with E-state index in [0.717, 1.165) is 60.8 Å². The summed E-state index contributed by atoms with van der Waals surface area (Å²) in [6.45, 7) is 0. The highest BCUT2D eigenvalue weighted by atomic mass is 19.3. The Balaban J connectivity index is 1.11. The second-order valence-electron chi connectivity index (χ2n) is 13.4. The summed E-state index contributed by atoms with van der Waals surface area (Å²) in [7, 11) is 0. The Labute approximate surface area is 294 Å². The summed E-state index contributed by atoms with van der Waals surface area (Å²) < 4.78 is 31.5. The first-order valence-corrected chi connectivity index (χ1v) is 17.2. The van der Waals surface area contributed by atoms with Crippen molar-refractivity contribution in [2.24, 2.45) is 4.99 Å². The molecule has 2 nitrogen and oxygen atoms in total. The zero-order valence-corrected chi connectivity index (χ0v) is 27.4. The van der Waals surface area contributed by atoms with E-state index in [4.69, 9.17) is 4.99 Å². The summed E-state index contributed by atoms with van der Waals surface area (Å²) in [5, 5.41) is 10.5. The Hall–Kier alpha value is -6.39. The van der Waals surface area contributed by atoms with E-state index in [2.05, 4.69) is 121 Å². The molecule has 10 rings (SSSR count). The standard InChI is InChI=1S/C47H30F2N2/c48-47(49)42-16-8-7-15-39(42)40-22-21-33(27-43(40)47)36-23-24-41(38-14-6-5-13-37(36)38)45-28-44(34-19-17-29-9-1-3-11-31(29)25-34)50-46(51-45)35-20-18-30-10-2-4-12-32(30)26-35/h1-28,46,51H. The van der Waals surface area contributed by atoms with Gasteiger partial charge in [-0.05, 0) is 84.4 Å². The van der Waals surface area contributed by atoms with Crippen molar-refractivity contribution in [2.45, 2.75) is 12.1 Å². The van der Waals surface area contributed by atoms with Crippen LogP contribution in [-0.2, 0) is 5.92 Å². The number of allylic oxidation sites excluding steroid dienone is 1. The second kappa shape index (κ2) is 11.3. The SMILES string of the molecule is FC1(F)c2ccccc2-c2ccc(-c3ccc(C4=CC(c5ccc6ccccc6c5)=NC(c5ccc6ccccc6c5)N4)c4ccccc34)cc21. The van der Waals surface area contributed by atoms with E-state index in [9.17, 15) is 0 Å². The van der Waals surface area contributed by atoms with Crippen molar-refractivity contribution in [3.63, 3.8) is 0 Å². The minimum Gasteiger partial charge on any atom is -0.359 e. The number of rotatable bonds is 4. The minimum atomic E-state index is -3.05. The lowest BCUT2D eigenvalue weighted by atomic mass is 9.91. The third kappa shape index (κ3) is 4.79. The first-order valence-electron chi connectivity index (χ1n) is 17.2. The highest BCUT2D eigenvalue weighted by Gasteiger charge is 2.44. The maximum absolute atomic E-state index is 15.7. The predicted octanol–water partition coefficient (Wildman–Crippen LogP) is 12.1. The number of hydrogen-bond acceptors (Lipinski definition) is 2. The van der Waals surface area contributed by atoms with Crippen molar-refractivity contribution < 1.29 is 8.78 Å². The highest BCUT2D eigenvalue weighted by molar-refractivity contribution is 6.16. The molecule has 0 saturated carbocycles. The van der Waals surface area contributed by atoms with Gasteiger partial charge in [-0.15, -0.1) is 0 Å². The van der Waals surface area contributed by atoms with Crippen LogP contribution in [0.15, 0.2) is 175 Å². The van der Waals surface area contributed by atoms with Crippen LogP contribution in [0.2, 0.25) is 0 Å². The van der Waals surface area contributed by atoms with Gasteiger partial charge in [0.15, 0.2) is 0 Å². The van der Waals surface area contributed by atoms with Gasteiger partial charge < -0.3 is 5.32 Å². The molecule has 242 valence electrons. The third-order valence-electron chi connectivity index (χ3n) is 10.4. The molecule has 1 unspecified atom stereocenters. The number of alkyl halides is 2. The van der Waals surface area contributed by atoms with Gasteiger partial charge in [0.25, 0.3) is 5.92 Å². The molecule has 4 heteroatoms. The van der Waals surface area contributed by atoms with Crippen molar-refractivity contribution in [3.8, 4) is 22.3 Å². The molecule has 8 aromatic carbocycles. The Morgan fingerprint density at radius 1 is 0.471 bits per heavy atom. The molecule has 1 N–H and O–H groups in total. The van der Waals surface area contributed by atoms with Crippen molar-refractivity contribution in [2.75, 3.05) is 0 Å². The summed E-state index contributed by atoms with van der Waals surface area (Å²) in [6.07, 6.45) is 1.81. The average molecular weight is 661 g/mol. The molecule has 1 heterocycles. The summed E-state index contributed by atoms with van der Waals surface area (Å²) in [5.74, 6) is -3.05. The normalized spacial score (nSPS) is 16.0. The van der Waals surface area contributed by atoms with E-state index in [0.29, 0.717) is 11.1 Å². The molecular formula is C47H30F2N2. The largest absolute Gasteiger partial charge is 0.359 e. The topological polar surface area (TPSA) is 24.4 Å². The fraction of sp³-hybridized carbons (Fsp3) is 0.0426. The van der Waals surface area contributed by atoms with Crippen LogP contribution in [0.3, 0.4) is 0 Å². The number of benzene rings is 8. The zero-order chi connectivity index (χ0) is 34.1. The van der Waals surface area contributed by atoms with E-state index in [-0.39, 0.29) is 17.3 Å². The van der Waals surface area contributed by atoms with Crippen molar-refractivity contribution in [3.05, 3.63) is 198 Å². The number of aliphatic imine (C=N–C) groups is 1. The summed E-state index contributed by atoms with van der Waals surface area (Å²) in [6, 6.07) is 54.4. The van der Waals surface area contributed by atoms with Crippen LogP contribution in [-0.4, -0.2) is 5.71 Å². The van der Waals surface area contributed by atoms with Gasteiger partial charge in [-0.2, -0.15) is 8.78 Å². The Morgan fingerprint density at radius 2 is 1.06 bits per heavy atom. The average Bonchev–Trinajstić information content (AvgIpc) is 3.42. The van der Waals surface area contributed by atoms with Crippen LogP contribution in [0, 0.1) is 0 Å². The second-order valence-corrected chi connectivity index (χ2v) is 13.4. The maximum Gasteiger partial charge on any atom is 0.299 e. The molecule has 0 fully saturated rings. The summed E-state index contributed by atoms with van der Waals surface area (Å²) >= 11 is 0. The molecule has 1 aliphatic carbocycles. The third-order valence-corrected chi connectivity index (χ3v) is 10.4. The smallest absolute Gasteiger partial charge is 0.299 e. The van der Waals surface area contributed by atoms with Crippen LogP contribution in [0.25, 0.3) is 60.3 Å². The van der Waals surface area contributed by atoms with Crippen molar-refractivity contribution in [1.29, 1.82) is 0 Å². The number of fused-ring (bicyclic) bond motifs is 6. The van der Waals surface area contributed by atoms with Crippen molar-refractivity contribution in [1.82, 2.24) is 5.32 Å². The van der Waals surface area contributed by atoms with Gasteiger partial charge in [-0.3, -0.25) is 4.99 Å². The van der Waals surface area contributed by atoms with Crippen LogP contribution < -0.4 is 5.32 Å². The summed E-state index contributed by atoms with van der Waals surface area (Å²) in [4.78, 5) is 5.28. The molecular weight excluding hydrogens is 631 g/mol. The van der Waals surface area contributed by atoms with Gasteiger partial charge in [0.2, 0.25) is 0 Å². The maximum atomic E-state index is 15.7. The van der Waals surface area contributed by atoms with Crippen LogP contribution >= 0.6 is 0 Å². The van der Waals surface area contributed by atoms with Gasteiger partial charge >= 0.3 is 0 Å². The van der Waals surface area contributed by atoms with E-state index in [1.807, 2.05) is 30.3 Å². The number of nitrogens with zero attached hydrogens (tertiary/aromatic N) is 1. The van der Waals surface area contributed by atoms with Gasteiger partial charge in [0.1, 0.15) is 6.17 Å². The van der Waals surface area contributed by atoms with Crippen LogP contribution in [0.1, 0.15) is 34.0 Å². The van der Waals surface area contributed by atoms with E-state index in [1.54, 1.807) is 18.2 Å². The number of hydrogen-bond donors (Lipinski definition) is 1. The van der Waals surface area contributed by atoms with Crippen LogP contribution in [0.4, 0.5) is 8.78 Å². The molecule has 0 spiro atoms. The first kappa shape index (κ1) is 29.5. The van der Waals surface area contributed by atoms with Crippen molar-refractivity contribution >= 4 is 43.7 Å². The molecule has 0 radical (unpaired) electrons. The molecule has 0 saturated heterocycles. The predicted molar refractivity (Wildman–Crippen MR) is 206 cm³/mol. The summed E-state index contributed by atoms with van der Waals surface area (Å²) in [5.41, 5.74) is 7.97. The lowest BCUT2D eigenvalue weighted by Crippen LogP contribution is -2.25. The van der Waals surface area contributed by atoms with Gasteiger partial charge in [-0.1, -0.05) is 146 Å². The molecule has 0 amide bonds. The molecule has 8 aromatic rings. The van der Waals surface area contributed by atoms with Gasteiger partial charge in [0, 0.05) is 28.0 Å². The molecule has 1 atom stereocenters. The first-order chi connectivity index (χ1) is 25.0. The lowest BCUT2D eigenvalue weighted by molar-refractivity contribution is 0.0480. The van der Waals surface area contributed by atoms with Crippen LogP contribution in [0.5, 0.6) is 0 Å². The molecule has 51 heavy (non-hydrogen) atoms. The number of halogens is 2.